The second kappa shape index (κ2) is 9.11. The molecule has 0 aliphatic carbocycles. The van der Waals surface area contributed by atoms with Gasteiger partial charge in [0, 0.05) is 33.4 Å². The van der Waals surface area contributed by atoms with Crippen LogP contribution in [-0.4, -0.2) is 20.3 Å². The average Bonchev–Trinajstić information content (AvgIpc) is 3.15. The second-order valence-electron chi connectivity index (χ2n) is 7.97. The Morgan fingerprint density at radius 2 is 1.79 bits per heavy atom. The lowest BCUT2D eigenvalue weighted by atomic mass is 10.2. The molecule has 34 heavy (non-hydrogen) atoms. The number of para-hydroxylation sites is 1. The number of carbonyl (C=O) groups excluding carboxylic acids is 1. The predicted octanol–water partition coefficient (Wildman–Crippen LogP) is 4.51. The molecule has 0 unspecified atom stereocenters. The molecule has 0 fully saturated rings. The first kappa shape index (κ1) is 21.9. The number of fused-ring (bicyclic) bond motifs is 3. The molecule has 0 aliphatic heterocycles. The van der Waals surface area contributed by atoms with Crippen molar-refractivity contribution in [3.8, 4) is 0 Å². The van der Waals surface area contributed by atoms with Gasteiger partial charge < -0.3 is 9.88 Å². The van der Waals surface area contributed by atoms with Crippen molar-refractivity contribution in [1.29, 1.82) is 0 Å². The normalized spacial score (nSPS) is 11.2. The molecule has 2 aromatic heterocycles. The first-order chi connectivity index (χ1) is 16.5. The molecule has 0 atom stereocenters. The molecule has 0 bridgehead atoms. The number of aromatic nitrogens is 3. The Bertz CT molecular complexity index is 1590. The van der Waals surface area contributed by atoms with E-state index in [0.717, 1.165) is 21.1 Å². The zero-order valence-corrected chi connectivity index (χ0v) is 18.8. The minimum absolute atomic E-state index is 0.177. The van der Waals surface area contributed by atoms with Crippen molar-refractivity contribution in [2.75, 3.05) is 0 Å². The van der Waals surface area contributed by atoms with Crippen LogP contribution in [0.15, 0.2) is 83.8 Å². The van der Waals surface area contributed by atoms with E-state index in [9.17, 15) is 14.0 Å². The van der Waals surface area contributed by atoms with E-state index in [2.05, 4.69) is 10.4 Å². The van der Waals surface area contributed by atoms with E-state index in [4.69, 9.17) is 11.6 Å². The van der Waals surface area contributed by atoms with Gasteiger partial charge in [0.15, 0.2) is 0 Å². The molecule has 0 aliphatic rings. The van der Waals surface area contributed by atoms with Gasteiger partial charge in [-0.05, 0) is 29.8 Å². The van der Waals surface area contributed by atoms with Crippen LogP contribution < -0.4 is 10.9 Å². The fraction of sp³-hybridized carbons (Fsp3) is 0.115. The number of amides is 1. The number of rotatable bonds is 6. The van der Waals surface area contributed by atoms with Gasteiger partial charge >= 0.3 is 0 Å². The summed E-state index contributed by atoms with van der Waals surface area (Å²) in [5.41, 5.74) is 2.07. The summed E-state index contributed by atoms with van der Waals surface area (Å²) >= 11 is 5.99. The molecule has 8 heteroatoms. The molecule has 1 amide bonds. The van der Waals surface area contributed by atoms with Crippen molar-refractivity contribution in [3.63, 3.8) is 0 Å². The van der Waals surface area contributed by atoms with E-state index in [0.29, 0.717) is 21.5 Å². The Morgan fingerprint density at radius 1 is 1.00 bits per heavy atom. The smallest absolute Gasteiger partial charge is 0.291 e. The van der Waals surface area contributed by atoms with E-state index in [1.807, 2.05) is 30.3 Å². The Kier molecular flexibility index (Phi) is 5.86. The second-order valence-corrected chi connectivity index (χ2v) is 8.41. The largest absolute Gasteiger partial charge is 0.350 e. The highest BCUT2D eigenvalue weighted by molar-refractivity contribution is 6.30. The van der Waals surface area contributed by atoms with Crippen LogP contribution in [0.5, 0.6) is 0 Å². The summed E-state index contributed by atoms with van der Waals surface area (Å²) in [6.07, 6.45) is 1.58. The van der Waals surface area contributed by atoms with Gasteiger partial charge in [0.05, 0.1) is 12.7 Å². The van der Waals surface area contributed by atoms with Gasteiger partial charge in [0.2, 0.25) is 5.91 Å². The van der Waals surface area contributed by atoms with Gasteiger partial charge in [0.25, 0.3) is 5.56 Å². The fourth-order valence-electron chi connectivity index (χ4n) is 4.11. The topological polar surface area (TPSA) is 68.9 Å². The highest BCUT2D eigenvalue weighted by atomic mass is 35.5. The van der Waals surface area contributed by atoms with Crippen molar-refractivity contribution >= 4 is 39.3 Å². The van der Waals surface area contributed by atoms with Crippen molar-refractivity contribution in [2.24, 2.45) is 0 Å². The highest BCUT2D eigenvalue weighted by Crippen LogP contribution is 2.27. The summed E-state index contributed by atoms with van der Waals surface area (Å²) in [5.74, 6) is -0.700. The molecule has 2 heterocycles. The maximum atomic E-state index is 14.4. The van der Waals surface area contributed by atoms with Gasteiger partial charge in [0.1, 0.15) is 17.9 Å². The Hall–Kier alpha value is -3.97. The summed E-state index contributed by atoms with van der Waals surface area (Å²) < 4.78 is 17.3. The van der Waals surface area contributed by atoms with Crippen molar-refractivity contribution in [2.45, 2.75) is 19.6 Å². The number of carbonyl (C=O) groups is 1. The van der Waals surface area contributed by atoms with Gasteiger partial charge in [-0.3, -0.25) is 9.59 Å². The van der Waals surface area contributed by atoms with Crippen molar-refractivity contribution in [3.05, 3.63) is 111 Å². The summed E-state index contributed by atoms with van der Waals surface area (Å²) in [5, 5.41) is 9.11. The van der Waals surface area contributed by atoms with Crippen LogP contribution in [0.25, 0.3) is 21.8 Å². The molecule has 0 spiro atoms. The SMILES string of the molecule is O=C(Cn1ncc2c3ccccc3n(Cc3ccccc3F)c2c1=O)NCc1cccc(Cl)c1. The predicted molar refractivity (Wildman–Crippen MR) is 130 cm³/mol. The first-order valence-electron chi connectivity index (χ1n) is 10.7. The molecule has 1 N–H and O–H groups in total. The molecule has 5 rings (SSSR count). The lowest BCUT2D eigenvalue weighted by Crippen LogP contribution is -2.33. The van der Waals surface area contributed by atoms with E-state index in [1.54, 1.807) is 47.2 Å². The van der Waals surface area contributed by atoms with Crippen LogP contribution in [0.3, 0.4) is 0 Å². The summed E-state index contributed by atoms with van der Waals surface area (Å²) in [6, 6.07) is 21.2. The molecule has 5 aromatic rings. The van der Waals surface area contributed by atoms with Gasteiger partial charge in [-0.25, -0.2) is 9.07 Å². The lowest BCUT2D eigenvalue weighted by Gasteiger charge is -2.10. The number of nitrogens with one attached hydrogen (secondary N) is 1. The number of benzene rings is 3. The average molecular weight is 475 g/mol. The Labute approximate surface area is 199 Å². The summed E-state index contributed by atoms with van der Waals surface area (Å²) in [6.45, 7) is 0.220. The maximum absolute atomic E-state index is 14.4. The molecule has 0 saturated carbocycles. The van der Waals surface area contributed by atoms with Crippen LogP contribution in [0.4, 0.5) is 4.39 Å². The quantitative estimate of drug-likeness (QED) is 0.394. The van der Waals surface area contributed by atoms with Gasteiger partial charge in [-0.1, -0.05) is 60.1 Å². The van der Waals surface area contributed by atoms with Crippen LogP contribution in [0.2, 0.25) is 5.02 Å². The Balaban J connectivity index is 1.50. The molecule has 0 radical (unpaired) electrons. The molecule has 170 valence electrons. The fourth-order valence-corrected chi connectivity index (χ4v) is 4.32. The highest BCUT2D eigenvalue weighted by Gasteiger charge is 2.18. The van der Waals surface area contributed by atoms with E-state index in [-0.39, 0.29) is 31.4 Å². The molecule has 0 saturated heterocycles. The van der Waals surface area contributed by atoms with E-state index < -0.39 is 5.56 Å². The number of halogens is 2. The number of nitrogens with zero attached hydrogens (tertiary/aromatic N) is 3. The number of hydrogen-bond acceptors (Lipinski definition) is 3. The third kappa shape index (κ3) is 4.18. The molecular formula is C26H20ClFN4O2. The molecule has 3 aromatic carbocycles. The molecular weight excluding hydrogens is 455 g/mol. The van der Waals surface area contributed by atoms with Crippen LogP contribution >= 0.6 is 11.6 Å². The summed E-state index contributed by atoms with van der Waals surface area (Å²) in [7, 11) is 0. The maximum Gasteiger partial charge on any atom is 0.291 e. The zero-order chi connectivity index (χ0) is 23.7. The zero-order valence-electron chi connectivity index (χ0n) is 18.0. The van der Waals surface area contributed by atoms with Crippen molar-refractivity contribution in [1.82, 2.24) is 19.7 Å². The van der Waals surface area contributed by atoms with Gasteiger partial charge in [-0.2, -0.15) is 5.10 Å². The molecule has 6 nitrogen and oxygen atoms in total. The lowest BCUT2D eigenvalue weighted by molar-refractivity contribution is -0.122. The van der Waals surface area contributed by atoms with Crippen LogP contribution in [0.1, 0.15) is 11.1 Å². The van der Waals surface area contributed by atoms with Crippen molar-refractivity contribution < 1.29 is 9.18 Å². The summed E-state index contributed by atoms with van der Waals surface area (Å²) in [4.78, 5) is 26.0. The van der Waals surface area contributed by atoms with Crippen LogP contribution in [0, 0.1) is 5.82 Å². The first-order valence-corrected chi connectivity index (χ1v) is 11.1. The third-order valence-corrected chi connectivity index (χ3v) is 5.97. The number of hydrogen-bond donors (Lipinski definition) is 1. The monoisotopic (exact) mass is 474 g/mol. The van der Waals surface area contributed by atoms with E-state index in [1.165, 1.54) is 6.07 Å². The standard InChI is InChI=1S/C26H20ClFN4O2/c27-19-8-5-6-17(12-19)13-29-24(33)16-32-26(34)25-21(14-30-32)20-9-2-4-11-23(20)31(25)15-18-7-1-3-10-22(18)28/h1-12,14H,13,15-16H2,(H,29,33). The third-order valence-electron chi connectivity index (χ3n) is 5.73. The Morgan fingerprint density at radius 3 is 2.62 bits per heavy atom. The van der Waals surface area contributed by atoms with Crippen LogP contribution in [-0.2, 0) is 24.4 Å². The minimum Gasteiger partial charge on any atom is -0.350 e. The van der Waals surface area contributed by atoms with E-state index >= 15 is 0 Å². The minimum atomic E-state index is -0.414. The van der Waals surface area contributed by atoms with Gasteiger partial charge in [-0.15, -0.1) is 0 Å².